The number of benzene rings is 1. The molecule has 2 nitrogen and oxygen atoms in total. The van der Waals surface area contributed by atoms with Gasteiger partial charge in [0.2, 0.25) is 0 Å². The first-order valence-electron chi connectivity index (χ1n) is 6.17. The van der Waals surface area contributed by atoms with Crippen molar-refractivity contribution in [2.45, 2.75) is 18.9 Å². The highest BCUT2D eigenvalue weighted by Gasteiger charge is 2.23. The van der Waals surface area contributed by atoms with Crippen LogP contribution in [0.25, 0.3) is 0 Å². The summed E-state index contributed by atoms with van der Waals surface area (Å²) in [5, 5.41) is 3.41. The molecule has 2 atom stereocenters. The average Bonchev–Trinajstić information content (AvgIpc) is 2.29. The van der Waals surface area contributed by atoms with Crippen LogP contribution in [-0.4, -0.2) is 38.1 Å². The van der Waals surface area contributed by atoms with Crippen molar-refractivity contribution in [1.29, 1.82) is 0 Å². The fraction of sp³-hybridized carbons (Fsp3) is 0.571. The Bertz CT molecular complexity index is 310. The highest BCUT2D eigenvalue weighted by Crippen LogP contribution is 2.20. The Morgan fingerprint density at radius 3 is 2.69 bits per heavy atom. The van der Waals surface area contributed by atoms with Gasteiger partial charge in [0.25, 0.3) is 0 Å². The molecule has 0 radical (unpaired) electrons. The molecule has 1 aliphatic rings. The summed E-state index contributed by atoms with van der Waals surface area (Å²) in [6.45, 7) is 2.41. The minimum Gasteiger partial charge on any atom is -0.316 e. The van der Waals surface area contributed by atoms with Gasteiger partial charge in [-0.05, 0) is 38.4 Å². The maximum absolute atomic E-state index is 3.41. The maximum Gasteiger partial charge on any atom is 0.0195 e. The van der Waals surface area contributed by atoms with Gasteiger partial charge in [0.1, 0.15) is 0 Å². The topological polar surface area (TPSA) is 15.3 Å². The average molecular weight is 218 g/mol. The van der Waals surface area contributed by atoms with E-state index in [0.29, 0.717) is 6.04 Å². The second-order valence-electron chi connectivity index (χ2n) is 5.00. The number of likely N-dealkylation sites (tertiary alicyclic amines) is 1. The molecule has 0 spiro atoms. The molecule has 1 aliphatic heterocycles. The lowest BCUT2D eigenvalue weighted by atomic mass is 9.89. The van der Waals surface area contributed by atoms with E-state index in [1.807, 2.05) is 0 Å². The minimum atomic E-state index is 0.660. The Kier molecular flexibility index (Phi) is 3.97. The molecule has 88 valence electrons. The molecule has 2 heteroatoms. The monoisotopic (exact) mass is 218 g/mol. The van der Waals surface area contributed by atoms with Gasteiger partial charge in [-0.2, -0.15) is 0 Å². The Balaban J connectivity index is 1.94. The zero-order chi connectivity index (χ0) is 11.4. The van der Waals surface area contributed by atoms with E-state index in [4.69, 9.17) is 0 Å². The van der Waals surface area contributed by atoms with Crippen molar-refractivity contribution >= 4 is 0 Å². The molecule has 1 N–H and O–H groups in total. The standard InChI is InChI=1S/C14H22N2/c1-15-14-9-13(10-16(2)11-14)8-12-6-4-3-5-7-12/h3-7,13-15H,8-11H2,1-2H3. The van der Waals surface area contributed by atoms with Gasteiger partial charge in [0, 0.05) is 19.1 Å². The lowest BCUT2D eigenvalue weighted by molar-refractivity contribution is 0.173. The fourth-order valence-electron chi connectivity index (χ4n) is 2.75. The molecule has 0 bridgehead atoms. The highest BCUT2D eigenvalue weighted by molar-refractivity contribution is 5.15. The van der Waals surface area contributed by atoms with Crippen LogP contribution in [0.4, 0.5) is 0 Å². The predicted octanol–water partition coefficient (Wildman–Crippen LogP) is 1.77. The summed E-state index contributed by atoms with van der Waals surface area (Å²) in [5.74, 6) is 0.790. The van der Waals surface area contributed by atoms with Crippen molar-refractivity contribution in [2.24, 2.45) is 5.92 Å². The molecule has 16 heavy (non-hydrogen) atoms. The van der Waals surface area contributed by atoms with Gasteiger partial charge < -0.3 is 10.2 Å². The summed E-state index contributed by atoms with van der Waals surface area (Å²) in [4.78, 5) is 2.44. The van der Waals surface area contributed by atoms with Crippen LogP contribution in [0.1, 0.15) is 12.0 Å². The Morgan fingerprint density at radius 2 is 2.00 bits per heavy atom. The molecule has 1 saturated heterocycles. The molecular formula is C14H22N2. The van der Waals surface area contributed by atoms with Gasteiger partial charge in [0.05, 0.1) is 0 Å². The van der Waals surface area contributed by atoms with Crippen molar-refractivity contribution < 1.29 is 0 Å². The van der Waals surface area contributed by atoms with E-state index in [1.165, 1.54) is 31.5 Å². The quantitative estimate of drug-likeness (QED) is 0.832. The number of rotatable bonds is 3. The zero-order valence-electron chi connectivity index (χ0n) is 10.3. The predicted molar refractivity (Wildman–Crippen MR) is 68.6 cm³/mol. The summed E-state index contributed by atoms with van der Waals surface area (Å²) >= 11 is 0. The molecule has 0 amide bonds. The fourth-order valence-corrected chi connectivity index (χ4v) is 2.75. The van der Waals surface area contributed by atoms with Gasteiger partial charge in [-0.1, -0.05) is 30.3 Å². The van der Waals surface area contributed by atoms with Crippen LogP contribution in [0, 0.1) is 5.92 Å². The third kappa shape index (κ3) is 3.06. The van der Waals surface area contributed by atoms with Crippen LogP contribution < -0.4 is 5.32 Å². The summed E-state index contributed by atoms with van der Waals surface area (Å²) in [6.07, 6.45) is 2.51. The smallest absolute Gasteiger partial charge is 0.0195 e. The van der Waals surface area contributed by atoms with E-state index in [0.717, 1.165) is 5.92 Å². The van der Waals surface area contributed by atoms with Crippen LogP contribution in [0.15, 0.2) is 30.3 Å². The third-order valence-corrected chi connectivity index (χ3v) is 3.50. The molecule has 1 aromatic carbocycles. The second kappa shape index (κ2) is 5.46. The first-order chi connectivity index (χ1) is 7.78. The molecule has 0 saturated carbocycles. The van der Waals surface area contributed by atoms with Gasteiger partial charge in [-0.15, -0.1) is 0 Å². The van der Waals surface area contributed by atoms with Crippen LogP contribution in [0.2, 0.25) is 0 Å². The van der Waals surface area contributed by atoms with Crippen LogP contribution in [-0.2, 0) is 6.42 Å². The Hall–Kier alpha value is -0.860. The molecular weight excluding hydrogens is 196 g/mol. The van der Waals surface area contributed by atoms with E-state index in [-0.39, 0.29) is 0 Å². The van der Waals surface area contributed by atoms with Crippen molar-refractivity contribution in [1.82, 2.24) is 10.2 Å². The van der Waals surface area contributed by atoms with Crippen LogP contribution in [0.5, 0.6) is 0 Å². The summed E-state index contributed by atoms with van der Waals surface area (Å²) in [7, 11) is 4.30. The lowest BCUT2D eigenvalue weighted by Crippen LogP contribution is -2.46. The summed E-state index contributed by atoms with van der Waals surface area (Å²) in [5.41, 5.74) is 1.47. The molecule has 1 aromatic rings. The number of hydrogen-bond acceptors (Lipinski definition) is 2. The van der Waals surface area contributed by atoms with E-state index in [9.17, 15) is 0 Å². The lowest BCUT2D eigenvalue weighted by Gasteiger charge is -2.35. The first-order valence-corrected chi connectivity index (χ1v) is 6.17. The van der Waals surface area contributed by atoms with E-state index < -0.39 is 0 Å². The number of piperidine rings is 1. The number of nitrogens with zero attached hydrogens (tertiary/aromatic N) is 1. The maximum atomic E-state index is 3.41. The van der Waals surface area contributed by atoms with E-state index >= 15 is 0 Å². The highest BCUT2D eigenvalue weighted by atomic mass is 15.1. The molecule has 2 unspecified atom stereocenters. The van der Waals surface area contributed by atoms with Gasteiger partial charge in [0.15, 0.2) is 0 Å². The van der Waals surface area contributed by atoms with Crippen molar-refractivity contribution in [3.63, 3.8) is 0 Å². The first kappa shape index (κ1) is 11.6. The van der Waals surface area contributed by atoms with Gasteiger partial charge in [-0.3, -0.25) is 0 Å². The molecule has 2 rings (SSSR count). The molecule has 0 aliphatic carbocycles. The Morgan fingerprint density at radius 1 is 1.25 bits per heavy atom. The van der Waals surface area contributed by atoms with Crippen molar-refractivity contribution in [3.05, 3.63) is 35.9 Å². The molecule has 0 aromatic heterocycles. The zero-order valence-corrected chi connectivity index (χ0v) is 10.3. The third-order valence-electron chi connectivity index (χ3n) is 3.50. The van der Waals surface area contributed by atoms with E-state index in [2.05, 4.69) is 54.6 Å². The number of likely N-dealkylation sites (N-methyl/N-ethyl adjacent to an activating group) is 2. The largest absolute Gasteiger partial charge is 0.316 e. The second-order valence-corrected chi connectivity index (χ2v) is 5.00. The SMILES string of the molecule is CNC1CC(Cc2ccccc2)CN(C)C1. The van der Waals surface area contributed by atoms with Crippen LogP contribution in [0.3, 0.4) is 0 Å². The number of nitrogens with one attached hydrogen (secondary N) is 1. The Labute approximate surface area is 98.7 Å². The van der Waals surface area contributed by atoms with Crippen molar-refractivity contribution in [3.8, 4) is 0 Å². The summed E-state index contributed by atoms with van der Waals surface area (Å²) < 4.78 is 0. The van der Waals surface area contributed by atoms with Crippen LogP contribution >= 0.6 is 0 Å². The normalized spacial score (nSPS) is 26.9. The van der Waals surface area contributed by atoms with E-state index in [1.54, 1.807) is 0 Å². The number of hydrogen-bond donors (Lipinski definition) is 1. The van der Waals surface area contributed by atoms with Gasteiger partial charge in [-0.25, -0.2) is 0 Å². The minimum absolute atomic E-state index is 0.660. The summed E-state index contributed by atoms with van der Waals surface area (Å²) in [6, 6.07) is 11.5. The van der Waals surface area contributed by atoms with Crippen molar-refractivity contribution in [2.75, 3.05) is 27.2 Å². The molecule has 1 fully saturated rings. The van der Waals surface area contributed by atoms with Gasteiger partial charge >= 0.3 is 0 Å². The molecule has 1 heterocycles.